The number of ether oxygens (including phenoxy) is 8. The molecule has 8 rings (SSSR count). The summed E-state index contributed by atoms with van der Waals surface area (Å²) in [7, 11) is 6.58. The second-order valence-corrected chi connectivity index (χ2v) is 16.2. The standard InChI is InChI=1S/C50H59N5O8/c1-9-11-27-54-43(41(47(56-5)57-6)51-45(54)33-19-15-13-16-20-33)49(3,35-23-25-37-39(29-35)62-31-60-37)53-50(4,36-24-26-38-40(30-36)63-32-61-38)44-42(48(58-7)59-8)52-46(55(44)28-12-10-2)34-21-17-14-18-22-34/h13-26,29-30,47-48,53H,9-12,27-28,31-32H2,1-8H3. The third-order valence-corrected chi connectivity index (χ3v) is 12.2. The molecule has 0 bridgehead atoms. The van der Waals surface area contributed by atoms with Crippen molar-refractivity contribution < 1.29 is 37.9 Å². The Kier molecular flexibility index (Phi) is 13.2. The fourth-order valence-electron chi connectivity index (χ4n) is 9.10. The number of imidazole rings is 2. The number of benzene rings is 4. The van der Waals surface area contributed by atoms with Gasteiger partial charge in [0.15, 0.2) is 23.0 Å². The van der Waals surface area contributed by atoms with E-state index in [1.807, 2.05) is 48.5 Å². The Balaban J connectivity index is 1.50. The summed E-state index contributed by atoms with van der Waals surface area (Å²) in [6.07, 6.45) is 2.06. The van der Waals surface area contributed by atoms with E-state index in [0.717, 1.165) is 71.0 Å². The Morgan fingerprint density at radius 1 is 0.556 bits per heavy atom. The van der Waals surface area contributed by atoms with Crippen molar-refractivity contribution in [1.82, 2.24) is 24.4 Å². The molecule has 2 unspecified atom stereocenters. The lowest BCUT2D eigenvalue weighted by molar-refractivity contribution is -0.109. The molecule has 4 aromatic carbocycles. The Bertz CT molecular complexity index is 2310. The van der Waals surface area contributed by atoms with Crippen molar-refractivity contribution in [3.8, 4) is 45.8 Å². The minimum absolute atomic E-state index is 0.128. The van der Waals surface area contributed by atoms with Crippen LogP contribution in [0.1, 0.15) is 99.9 Å². The van der Waals surface area contributed by atoms with Crippen LogP contribution in [0.2, 0.25) is 0 Å². The number of hydrogen-bond donors (Lipinski definition) is 1. The molecule has 4 heterocycles. The predicted molar refractivity (Wildman–Crippen MR) is 240 cm³/mol. The molecule has 0 saturated heterocycles. The van der Waals surface area contributed by atoms with E-state index < -0.39 is 23.7 Å². The van der Waals surface area contributed by atoms with Gasteiger partial charge in [-0.3, -0.25) is 5.32 Å². The van der Waals surface area contributed by atoms with Gasteiger partial charge in [-0.1, -0.05) is 99.5 Å². The van der Waals surface area contributed by atoms with E-state index in [9.17, 15) is 0 Å². The molecule has 2 atom stereocenters. The van der Waals surface area contributed by atoms with Crippen molar-refractivity contribution in [1.29, 1.82) is 0 Å². The number of methoxy groups -OCH3 is 4. The maximum absolute atomic E-state index is 6.14. The molecule has 2 aliphatic rings. The Morgan fingerprint density at radius 2 is 0.937 bits per heavy atom. The largest absolute Gasteiger partial charge is 0.454 e. The fourth-order valence-corrected chi connectivity index (χ4v) is 9.10. The van der Waals surface area contributed by atoms with Crippen LogP contribution in [-0.4, -0.2) is 61.1 Å². The van der Waals surface area contributed by atoms with Gasteiger partial charge in [-0.05, 0) is 62.1 Å². The summed E-state index contributed by atoms with van der Waals surface area (Å²) in [5, 5.41) is 4.37. The van der Waals surface area contributed by atoms with Crippen molar-refractivity contribution in [2.75, 3.05) is 42.0 Å². The molecule has 63 heavy (non-hydrogen) atoms. The predicted octanol–water partition coefficient (Wildman–Crippen LogP) is 9.87. The zero-order chi connectivity index (χ0) is 44.1. The Labute approximate surface area is 370 Å². The first kappa shape index (κ1) is 43.9. The summed E-state index contributed by atoms with van der Waals surface area (Å²) in [5.74, 6) is 4.22. The van der Waals surface area contributed by atoms with Gasteiger partial charge in [0.1, 0.15) is 23.0 Å². The van der Waals surface area contributed by atoms with Crippen LogP contribution in [-0.2, 0) is 43.1 Å². The molecule has 6 aromatic rings. The van der Waals surface area contributed by atoms with Gasteiger partial charge in [0.25, 0.3) is 0 Å². The summed E-state index contributed by atoms with van der Waals surface area (Å²) in [5.41, 5.74) is 4.48. The van der Waals surface area contributed by atoms with E-state index in [-0.39, 0.29) is 13.6 Å². The van der Waals surface area contributed by atoms with E-state index in [1.165, 1.54) is 0 Å². The number of unbranched alkanes of at least 4 members (excludes halogenated alkanes) is 2. The average molecular weight is 858 g/mol. The average Bonchev–Trinajstić information content (AvgIpc) is 4.14. The molecule has 0 saturated carbocycles. The van der Waals surface area contributed by atoms with Crippen molar-refractivity contribution in [3.63, 3.8) is 0 Å². The topological polar surface area (TPSA) is 122 Å². The third kappa shape index (κ3) is 8.20. The van der Waals surface area contributed by atoms with Crippen LogP contribution in [0.3, 0.4) is 0 Å². The quantitative estimate of drug-likeness (QED) is 0.0739. The fraction of sp³-hybridized carbons (Fsp3) is 0.400. The summed E-state index contributed by atoms with van der Waals surface area (Å²) in [6.45, 7) is 10.4. The van der Waals surface area contributed by atoms with Crippen LogP contribution in [0.5, 0.6) is 23.0 Å². The molecule has 1 N–H and O–H groups in total. The first-order valence-electron chi connectivity index (χ1n) is 21.8. The van der Waals surface area contributed by atoms with Crippen molar-refractivity contribution in [2.24, 2.45) is 0 Å². The van der Waals surface area contributed by atoms with E-state index in [4.69, 9.17) is 47.9 Å². The van der Waals surface area contributed by atoms with E-state index in [2.05, 4.69) is 90.7 Å². The smallest absolute Gasteiger partial charge is 0.231 e. The molecule has 0 spiro atoms. The van der Waals surface area contributed by atoms with E-state index >= 15 is 0 Å². The number of fused-ring (bicyclic) bond motifs is 2. The van der Waals surface area contributed by atoms with Gasteiger partial charge in [-0.25, -0.2) is 9.97 Å². The van der Waals surface area contributed by atoms with Crippen LogP contribution in [0.4, 0.5) is 0 Å². The molecule has 0 amide bonds. The lowest BCUT2D eigenvalue weighted by Gasteiger charge is -2.44. The Hall–Kier alpha value is -5.70. The molecular formula is C50H59N5O8. The Morgan fingerprint density at radius 3 is 1.30 bits per heavy atom. The minimum atomic E-state index is -1.11. The second-order valence-electron chi connectivity index (χ2n) is 16.2. The van der Waals surface area contributed by atoms with Gasteiger partial charge >= 0.3 is 0 Å². The highest BCUT2D eigenvalue weighted by molar-refractivity contribution is 5.62. The normalized spacial score (nSPS) is 15.0. The van der Waals surface area contributed by atoms with Crippen LogP contribution in [0, 0.1) is 0 Å². The number of hydrogen-bond acceptors (Lipinski definition) is 11. The number of aromatic nitrogens is 4. The van der Waals surface area contributed by atoms with Crippen LogP contribution in [0.25, 0.3) is 22.8 Å². The van der Waals surface area contributed by atoms with E-state index in [0.29, 0.717) is 47.5 Å². The van der Waals surface area contributed by atoms with Crippen LogP contribution in [0.15, 0.2) is 97.1 Å². The summed E-state index contributed by atoms with van der Waals surface area (Å²) in [6, 6.07) is 32.8. The van der Waals surface area contributed by atoms with Gasteiger partial charge in [0.2, 0.25) is 26.2 Å². The number of rotatable bonds is 20. The highest BCUT2D eigenvalue weighted by atomic mass is 16.7. The molecule has 2 aromatic heterocycles. The van der Waals surface area contributed by atoms with Gasteiger partial charge in [0.05, 0.1) is 22.5 Å². The zero-order valence-electron chi connectivity index (χ0n) is 37.6. The molecule has 0 fully saturated rings. The molecule has 332 valence electrons. The lowest BCUT2D eigenvalue weighted by Crippen LogP contribution is -2.55. The van der Waals surface area contributed by atoms with Crippen molar-refractivity contribution >= 4 is 0 Å². The summed E-state index contributed by atoms with van der Waals surface area (Å²) in [4.78, 5) is 10.9. The molecule has 13 nitrogen and oxygen atoms in total. The highest BCUT2D eigenvalue weighted by Gasteiger charge is 2.49. The first-order valence-corrected chi connectivity index (χ1v) is 21.8. The molecule has 2 aliphatic heterocycles. The maximum atomic E-state index is 6.14. The highest BCUT2D eigenvalue weighted by Crippen LogP contribution is 2.48. The number of nitrogens with zero attached hydrogens (tertiary/aromatic N) is 4. The first-order chi connectivity index (χ1) is 30.7. The van der Waals surface area contributed by atoms with Crippen LogP contribution < -0.4 is 24.3 Å². The number of nitrogens with one attached hydrogen (secondary N) is 1. The SMILES string of the molecule is CCCCn1c(-c2ccccc2)nc(C(OC)OC)c1C(C)(NC(C)(c1ccc2c(c1)OCO2)c1c(C(OC)OC)nc(-c2ccccc2)n1CCCC)c1ccc2c(c1)OCO2. The van der Waals surface area contributed by atoms with Crippen LogP contribution >= 0.6 is 0 Å². The van der Waals surface area contributed by atoms with Gasteiger partial charge in [-0.2, -0.15) is 0 Å². The maximum Gasteiger partial charge on any atom is 0.231 e. The van der Waals surface area contributed by atoms with E-state index in [1.54, 1.807) is 28.4 Å². The van der Waals surface area contributed by atoms with Gasteiger partial charge in [0, 0.05) is 52.7 Å². The monoisotopic (exact) mass is 857 g/mol. The third-order valence-electron chi connectivity index (χ3n) is 12.2. The molecular weight excluding hydrogens is 799 g/mol. The van der Waals surface area contributed by atoms with Crippen molar-refractivity contribution in [2.45, 2.75) is 90.1 Å². The van der Waals surface area contributed by atoms with Crippen molar-refractivity contribution in [3.05, 3.63) is 131 Å². The zero-order valence-corrected chi connectivity index (χ0v) is 37.6. The van der Waals surface area contributed by atoms with Gasteiger partial charge < -0.3 is 47.0 Å². The molecule has 0 aliphatic carbocycles. The lowest BCUT2D eigenvalue weighted by atomic mass is 9.79. The second kappa shape index (κ2) is 19.0. The summed E-state index contributed by atoms with van der Waals surface area (Å²) >= 11 is 0. The minimum Gasteiger partial charge on any atom is -0.454 e. The molecule has 0 radical (unpaired) electrons. The van der Waals surface area contributed by atoms with Gasteiger partial charge in [-0.15, -0.1) is 0 Å². The summed E-state index contributed by atoms with van der Waals surface area (Å²) < 4.78 is 53.2. The molecule has 13 heteroatoms.